The Balaban J connectivity index is 1.98. The highest BCUT2D eigenvalue weighted by atomic mass is 35.5. The first-order valence-corrected chi connectivity index (χ1v) is 8.89. The van der Waals surface area contributed by atoms with E-state index in [9.17, 15) is 0 Å². The summed E-state index contributed by atoms with van der Waals surface area (Å²) < 4.78 is 0. The van der Waals surface area contributed by atoms with Crippen molar-refractivity contribution in [2.75, 3.05) is 45.8 Å². The molecule has 1 aliphatic heterocycles. The molecule has 0 bridgehead atoms. The van der Waals surface area contributed by atoms with Crippen LogP contribution < -0.4 is 21.3 Å². The van der Waals surface area contributed by atoms with E-state index in [0.29, 0.717) is 10.3 Å². The molecule has 0 aromatic carbocycles. The number of nitrogens with zero attached hydrogens (tertiary/aromatic N) is 1. The molecule has 7 heteroatoms. The lowest BCUT2D eigenvalue weighted by Gasteiger charge is -2.14. The molecule has 5 nitrogen and oxygen atoms in total. The molecule has 0 saturated carbocycles. The van der Waals surface area contributed by atoms with E-state index in [1.165, 1.54) is 0 Å². The Hall–Kier alpha value is -0.850. The van der Waals surface area contributed by atoms with Gasteiger partial charge in [0.05, 0.1) is 0 Å². The van der Waals surface area contributed by atoms with Gasteiger partial charge in [0.15, 0.2) is 0 Å². The summed E-state index contributed by atoms with van der Waals surface area (Å²) in [5, 5.41) is 14.7. The third-order valence-corrected chi connectivity index (χ3v) is 3.90. The second-order valence-corrected chi connectivity index (χ2v) is 6.30. The fraction of sp³-hybridized carbons (Fsp3) is 0.562. The smallest absolute Gasteiger partial charge is 0.131 e. The zero-order valence-corrected chi connectivity index (χ0v) is 14.8. The highest BCUT2D eigenvalue weighted by molar-refractivity contribution is 6.32. The highest BCUT2D eigenvalue weighted by Gasteiger charge is 2.02. The third-order valence-electron chi connectivity index (χ3n) is 3.51. The van der Waals surface area contributed by atoms with Crippen molar-refractivity contribution in [3.05, 3.63) is 33.7 Å². The predicted octanol–water partition coefficient (Wildman–Crippen LogP) is 1.88. The van der Waals surface area contributed by atoms with Gasteiger partial charge in [-0.2, -0.15) is 0 Å². The maximum atomic E-state index is 5.97. The van der Waals surface area contributed by atoms with Crippen LogP contribution >= 0.6 is 23.2 Å². The Morgan fingerprint density at radius 2 is 1.43 bits per heavy atom. The SMILES string of the molecule is Clc1cc(C=C2CNCCCNCCNCCCN2)cc(Cl)n1. The van der Waals surface area contributed by atoms with Crippen LogP contribution in [0.1, 0.15) is 18.4 Å². The number of pyridine rings is 1. The lowest BCUT2D eigenvalue weighted by Crippen LogP contribution is -2.33. The average Bonchev–Trinajstić information content (AvgIpc) is 2.50. The van der Waals surface area contributed by atoms with E-state index in [1.807, 2.05) is 12.1 Å². The monoisotopic (exact) mass is 357 g/mol. The van der Waals surface area contributed by atoms with Crippen molar-refractivity contribution in [1.82, 2.24) is 26.3 Å². The van der Waals surface area contributed by atoms with Crippen molar-refractivity contribution < 1.29 is 0 Å². The first kappa shape index (κ1) is 18.5. The molecule has 0 amide bonds. The van der Waals surface area contributed by atoms with E-state index in [1.54, 1.807) is 0 Å². The fourth-order valence-corrected chi connectivity index (χ4v) is 2.86. The zero-order chi connectivity index (χ0) is 16.3. The van der Waals surface area contributed by atoms with Crippen LogP contribution in [0.5, 0.6) is 0 Å². The second kappa shape index (κ2) is 10.8. The summed E-state index contributed by atoms with van der Waals surface area (Å²) in [5.41, 5.74) is 2.09. The molecular weight excluding hydrogens is 333 g/mol. The first-order chi connectivity index (χ1) is 11.2. The molecule has 23 heavy (non-hydrogen) atoms. The summed E-state index contributed by atoms with van der Waals surface area (Å²) >= 11 is 11.9. The molecule has 1 aromatic heterocycles. The summed E-state index contributed by atoms with van der Waals surface area (Å²) in [4.78, 5) is 3.98. The van der Waals surface area contributed by atoms with Crippen LogP contribution in [0.2, 0.25) is 10.3 Å². The Labute approximate surface area is 148 Å². The van der Waals surface area contributed by atoms with Gasteiger partial charge in [0, 0.05) is 31.9 Å². The molecule has 1 fully saturated rings. The van der Waals surface area contributed by atoms with Crippen molar-refractivity contribution >= 4 is 29.3 Å². The quantitative estimate of drug-likeness (QED) is 0.578. The summed E-state index contributed by atoms with van der Waals surface area (Å²) in [6, 6.07) is 3.64. The van der Waals surface area contributed by atoms with E-state index in [4.69, 9.17) is 23.2 Å². The number of halogens is 2. The van der Waals surface area contributed by atoms with Crippen molar-refractivity contribution in [2.24, 2.45) is 0 Å². The molecule has 0 atom stereocenters. The molecule has 1 aromatic rings. The summed E-state index contributed by atoms with van der Waals surface area (Å²) in [6.07, 6.45) is 4.26. The molecule has 4 N–H and O–H groups in total. The highest BCUT2D eigenvalue weighted by Crippen LogP contribution is 2.16. The van der Waals surface area contributed by atoms with E-state index < -0.39 is 0 Å². The van der Waals surface area contributed by atoms with Crippen molar-refractivity contribution in [2.45, 2.75) is 12.8 Å². The number of aromatic nitrogens is 1. The molecule has 0 spiro atoms. The van der Waals surface area contributed by atoms with Gasteiger partial charge in [-0.25, -0.2) is 4.98 Å². The van der Waals surface area contributed by atoms with Crippen molar-refractivity contribution in [1.29, 1.82) is 0 Å². The maximum absolute atomic E-state index is 5.97. The number of rotatable bonds is 1. The van der Waals surface area contributed by atoms with Gasteiger partial charge in [0.1, 0.15) is 10.3 Å². The molecule has 1 saturated heterocycles. The Morgan fingerprint density at radius 1 is 0.826 bits per heavy atom. The Kier molecular flexibility index (Phi) is 8.71. The summed E-state index contributed by atoms with van der Waals surface area (Å²) in [7, 11) is 0. The molecule has 2 heterocycles. The van der Waals surface area contributed by atoms with E-state index in [2.05, 4.69) is 32.3 Å². The molecule has 0 aliphatic carbocycles. The van der Waals surface area contributed by atoms with Gasteiger partial charge in [-0.1, -0.05) is 23.2 Å². The van der Waals surface area contributed by atoms with Gasteiger partial charge < -0.3 is 21.3 Å². The van der Waals surface area contributed by atoms with Crippen LogP contribution in [0.4, 0.5) is 0 Å². The minimum absolute atomic E-state index is 0.411. The third kappa shape index (κ3) is 7.99. The van der Waals surface area contributed by atoms with Gasteiger partial charge in [-0.05, 0) is 56.2 Å². The Bertz CT molecular complexity index is 471. The summed E-state index contributed by atoms with van der Waals surface area (Å²) in [6.45, 7) is 6.81. The van der Waals surface area contributed by atoms with E-state index >= 15 is 0 Å². The average molecular weight is 358 g/mol. The molecule has 2 rings (SSSR count). The van der Waals surface area contributed by atoms with Gasteiger partial charge in [-0.3, -0.25) is 0 Å². The molecule has 0 radical (unpaired) electrons. The topological polar surface area (TPSA) is 61.0 Å². The van der Waals surface area contributed by atoms with Crippen LogP contribution in [-0.2, 0) is 0 Å². The number of hydrogen-bond donors (Lipinski definition) is 4. The maximum Gasteiger partial charge on any atom is 0.131 e. The zero-order valence-electron chi connectivity index (χ0n) is 13.3. The van der Waals surface area contributed by atoms with Crippen LogP contribution in [0.3, 0.4) is 0 Å². The van der Waals surface area contributed by atoms with E-state index in [-0.39, 0.29) is 0 Å². The first-order valence-electron chi connectivity index (χ1n) is 8.14. The summed E-state index contributed by atoms with van der Waals surface area (Å²) in [5.74, 6) is 0. The lowest BCUT2D eigenvalue weighted by molar-refractivity contribution is 0.553. The minimum atomic E-state index is 0.411. The number of nitrogens with one attached hydrogen (secondary N) is 4. The normalized spacial score (nSPS) is 20.7. The minimum Gasteiger partial charge on any atom is -0.387 e. The lowest BCUT2D eigenvalue weighted by atomic mass is 10.2. The largest absolute Gasteiger partial charge is 0.387 e. The Morgan fingerprint density at radius 3 is 2.13 bits per heavy atom. The van der Waals surface area contributed by atoms with Crippen LogP contribution in [0.15, 0.2) is 17.8 Å². The number of hydrogen-bond acceptors (Lipinski definition) is 5. The standard InChI is InChI=1S/C16H25Cl2N5/c17-15-10-13(11-16(18)23-15)9-14-12-21-5-1-3-19-7-8-20-4-2-6-22-14/h9-11,19-22H,1-8,12H2. The van der Waals surface area contributed by atoms with Gasteiger partial charge in [0.2, 0.25) is 0 Å². The van der Waals surface area contributed by atoms with Crippen LogP contribution in [0, 0.1) is 0 Å². The molecule has 128 valence electrons. The second-order valence-electron chi connectivity index (χ2n) is 5.53. The molecule has 1 aliphatic rings. The predicted molar refractivity (Wildman–Crippen MR) is 98.1 cm³/mol. The van der Waals surface area contributed by atoms with E-state index in [0.717, 1.165) is 69.9 Å². The van der Waals surface area contributed by atoms with Crippen LogP contribution in [0.25, 0.3) is 6.08 Å². The van der Waals surface area contributed by atoms with Gasteiger partial charge in [-0.15, -0.1) is 0 Å². The van der Waals surface area contributed by atoms with Crippen LogP contribution in [-0.4, -0.2) is 50.8 Å². The fourth-order valence-electron chi connectivity index (χ4n) is 2.38. The molecule has 0 unspecified atom stereocenters. The van der Waals surface area contributed by atoms with Gasteiger partial charge in [0.25, 0.3) is 0 Å². The van der Waals surface area contributed by atoms with Gasteiger partial charge >= 0.3 is 0 Å². The van der Waals surface area contributed by atoms with Crippen molar-refractivity contribution in [3.8, 4) is 0 Å². The van der Waals surface area contributed by atoms with Crippen molar-refractivity contribution in [3.63, 3.8) is 0 Å². The molecular formula is C16H25Cl2N5.